The van der Waals surface area contributed by atoms with Gasteiger partial charge >= 0.3 is 18.2 Å². The number of nitrogens with one attached hydrogen (secondary N) is 1. The predicted octanol–water partition coefficient (Wildman–Crippen LogP) is 3.23. The quantitative estimate of drug-likeness (QED) is 0.883. The number of ether oxygens (including phenoxy) is 1. The van der Waals surface area contributed by atoms with Crippen LogP contribution in [0.2, 0.25) is 0 Å². The summed E-state index contributed by atoms with van der Waals surface area (Å²) in [6, 6.07) is 0. The molecule has 1 heterocycles. The SMILES string of the molecule is CC(C)(C)OC(=O)Nc1c(C(=O)O)ncn1C(C)(C)C(F)(F)F. The van der Waals surface area contributed by atoms with Crippen LogP contribution in [0.1, 0.15) is 45.1 Å². The second kappa shape index (κ2) is 5.74. The Morgan fingerprint density at radius 2 is 1.74 bits per heavy atom. The first kappa shape index (κ1) is 18.8. The van der Waals surface area contributed by atoms with Crippen molar-refractivity contribution in [2.24, 2.45) is 0 Å². The number of aromatic carboxylic acids is 1. The van der Waals surface area contributed by atoms with Crippen molar-refractivity contribution in [2.45, 2.75) is 51.9 Å². The number of halogens is 3. The molecule has 0 atom stereocenters. The highest BCUT2D eigenvalue weighted by molar-refractivity contribution is 5.96. The van der Waals surface area contributed by atoms with Gasteiger partial charge < -0.3 is 14.4 Å². The molecule has 1 aromatic rings. The van der Waals surface area contributed by atoms with Gasteiger partial charge in [0.1, 0.15) is 11.1 Å². The van der Waals surface area contributed by atoms with E-state index in [4.69, 9.17) is 9.84 Å². The van der Waals surface area contributed by atoms with Crippen LogP contribution in [-0.4, -0.2) is 38.5 Å². The van der Waals surface area contributed by atoms with Crippen molar-refractivity contribution in [2.75, 3.05) is 5.32 Å². The van der Waals surface area contributed by atoms with Gasteiger partial charge in [-0.3, -0.25) is 5.32 Å². The lowest BCUT2D eigenvalue weighted by Gasteiger charge is -2.31. The number of carboxylic acid groups (broad SMARTS) is 1. The van der Waals surface area contributed by atoms with Gasteiger partial charge in [-0.1, -0.05) is 0 Å². The number of imidazole rings is 1. The summed E-state index contributed by atoms with van der Waals surface area (Å²) < 4.78 is 45.0. The number of carbonyl (C=O) groups is 2. The van der Waals surface area contributed by atoms with Crippen molar-refractivity contribution in [3.8, 4) is 0 Å². The van der Waals surface area contributed by atoms with Crippen molar-refractivity contribution >= 4 is 17.9 Å². The molecular formula is C13H18F3N3O4. The minimum Gasteiger partial charge on any atom is -0.476 e. The van der Waals surface area contributed by atoms with E-state index in [1.54, 1.807) is 20.8 Å². The molecule has 130 valence electrons. The van der Waals surface area contributed by atoms with E-state index in [0.717, 1.165) is 13.8 Å². The lowest BCUT2D eigenvalue weighted by molar-refractivity contribution is -0.202. The Hall–Kier alpha value is -2.26. The van der Waals surface area contributed by atoms with Gasteiger partial charge in [0.05, 0.1) is 6.33 Å². The standard InChI is InChI=1S/C13H18F3N3O4/c1-11(2,3)23-10(22)18-8-7(9(20)21)17-6-19(8)12(4,5)13(14,15)16/h6H,1-5H3,(H,18,22)(H,20,21). The third kappa shape index (κ3) is 4.14. The minimum atomic E-state index is -4.70. The molecule has 1 aromatic heterocycles. The van der Waals surface area contributed by atoms with Gasteiger partial charge in [0.2, 0.25) is 0 Å². The number of amides is 1. The number of hydrogen-bond donors (Lipinski definition) is 2. The summed E-state index contributed by atoms with van der Waals surface area (Å²) in [6.45, 7) is 6.34. The summed E-state index contributed by atoms with van der Waals surface area (Å²) in [6.07, 6.45) is -5.07. The number of anilines is 1. The Kier molecular flexibility index (Phi) is 4.69. The number of nitrogens with zero attached hydrogens (tertiary/aromatic N) is 2. The number of hydrogen-bond acceptors (Lipinski definition) is 4. The lowest BCUT2D eigenvalue weighted by Crippen LogP contribution is -2.43. The molecule has 0 radical (unpaired) electrons. The molecule has 23 heavy (non-hydrogen) atoms. The van der Waals surface area contributed by atoms with E-state index in [1.165, 1.54) is 0 Å². The molecule has 0 aliphatic carbocycles. The van der Waals surface area contributed by atoms with Gasteiger partial charge in [-0.2, -0.15) is 13.2 Å². The summed E-state index contributed by atoms with van der Waals surface area (Å²) in [7, 11) is 0. The Balaban J connectivity index is 3.31. The van der Waals surface area contributed by atoms with E-state index in [9.17, 15) is 22.8 Å². The second-order valence-electron chi connectivity index (χ2n) is 6.30. The molecule has 1 rings (SSSR count). The van der Waals surface area contributed by atoms with Crippen molar-refractivity contribution in [3.05, 3.63) is 12.0 Å². The first-order valence-electron chi connectivity index (χ1n) is 6.54. The van der Waals surface area contributed by atoms with Crippen molar-refractivity contribution < 1.29 is 32.6 Å². The highest BCUT2D eigenvalue weighted by atomic mass is 19.4. The van der Waals surface area contributed by atoms with E-state index in [1.807, 2.05) is 5.32 Å². The molecule has 2 N–H and O–H groups in total. The van der Waals surface area contributed by atoms with E-state index in [2.05, 4.69) is 4.98 Å². The maximum atomic E-state index is 13.2. The van der Waals surface area contributed by atoms with Crippen molar-refractivity contribution in [1.29, 1.82) is 0 Å². The smallest absolute Gasteiger partial charge is 0.413 e. The summed E-state index contributed by atoms with van der Waals surface area (Å²) >= 11 is 0. The molecule has 0 saturated carbocycles. The fourth-order valence-corrected chi connectivity index (χ4v) is 1.59. The third-order valence-electron chi connectivity index (χ3n) is 2.89. The largest absolute Gasteiger partial charge is 0.476 e. The van der Waals surface area contributed by atoms with E-state index >= 15 is 0 Å². The molecule has 7 nitrogen and oxygen atoms in total. The van der Waals surface area contributed by atoms with Crippen molar-refractivity contribution in [1.82, 2.24) is 9.55 Å². The van der Waals surface area contributed by atoms with Crippen LogP contribution in [0, 0.1) is 0 Å². The van der Waals surface area contributed by atoms with Crippen LogP contribution in [-0.2, 0) is 10.3 Å². The molecule has 0 aliphatic heterocycles. The molecule has 1 amide bonds. The van der Waals surface area contributed by atoms with Gasteiger partial charge in [-0.15, -0.1) is 0 Å². The van der Waals surface area contributed by atoms with Crippen LogP contribution >= 0.6 is 0 Å². The highest BCUT2D eigenvalue weighted by Crippen LogP contribution is 2.38. The first-order chi connectivity index (χ1) is 10.2. The van der Waals surface area contributed by atoms with E-state index in [-0.39, 0.29) is 0 Å². The Morgan fingerprint density at radius 1 is 1.22 bits per heavy atom. The second-order valence-corrected chi connectivity index (χ2v) is 6.30. The predicted molar refractivity (Wildman–Crippen MR) is 74.4 cm³/mol. The Labute approximate surface area is 130 Å². The van der Waals surface area contributed by atoms with Crippen LogP contribution in [0.3, 0.4) is 0 Å². The zero-order chi connectivity index (χ0) is 18.2. The minimum absolute atomic E-state index is 0.542. The third-order valence-corrected chi connectivity index (χ3v) is 2.89. The summed E-state index contributed by atoms with van der Waals surface area (Å²) in [5.41, 5.74) is -4.11. The molecule has 0 spiro atoms. The Bertz CT molecular complexity index is 615. The molecule has 0 saturated heterocycles. The molecule has 0 unspecified atom stereocenters. The molecule has 0 bridgehead atoms. The van der Waals surface area contributed by atoms with E-state index < -0.39 is 40.9 Å². The normalized spacial score (nSPS) is 12.9. The molecule has 0 fully saturated rings. The van der Waals surface area contributed by atoms with Crippen LogP contribution < -0.4 is 5.32 Å². The monoisotopic (exact) mass is 337 g/mol. The summed E-state index contributed by atoms with van der Waals surface area (Å²) in [4.78, 5) is 26.3. The van der Waals surface area contributed by atoms with E-state index in [0.29, 0.717) is 10.9 Å². The molecule has 10 heteroatoms. The highest BCUT2D eigenvalue weighted by Gasteiger charge is 2.50. The molecule has 0 aliphatic rings. The summed E-state index contributed by atoms with van der Waals surface area (Å²) in [5, 5.41) is 11.1. The van der Waals surface area contributed by atoms with Crippen molar-refractivity contribution in [3.63, 3.8) is 0 Å². The molecule has 0 aromatic carbocycles. The summed E-state index contributed by atoms with van der Waals surface area (Å²) in [5.74, 6) is -2.18. The first-order valence-corrected chi connectivity index (χ1v) is 6.54. The van der Waals surface area contributed by atoms with Crippen LogP contribution in [0.5, 0.6) is 0 Å². The fourth-order valence-electron chi connectivity index (χ4n) is 1.59. The fraction of sp³-hybridized carbons (Fsp3) is 0.615. The van der Waals surface area contributed by atoms with Gasteiger partial charge in [0.25, 0.3) is 0 Å². The molecular weight excluding hydrogens is 319 g/mol. The maximum Gasteiger partial charge on any atom is 0.413 e. The van der Waals surface area contributed by atoms with Crippen LogP contribution in [0.25, 0.3) is 0 Å². The van der Waals surface area contributed by atoms with Gasteiger partial charge in [-0.05, 0) is 34.6 Å². The number of aromatic nitrogens is 2. The van der Waals surface area contributed by atoms with Gasteiger partial charge in [0, 0.05) is 0 Å². The average molecular weight is 337 g/mol. The zero-order valence-corrected chi connectivity index (χ0v) is 13.3. The van der Waals surface area contributed by atoms with Gasteiger partial charge in [0.15, 0.2) is 11.5 Å². The van der Waals surface area contributed by atoms with Crippen LogP contribution in [0.4, 0.5) is 23.8 Å². The van der Waals surface area contributed by atoms with Gasteiger partial charge in [-0.25, -0.2) is 14.6 Å². The van der Waals surface area contributed by atoms with Crippen LogP contribution in [0.15, 0.2) is 6.33 Å². The lowest BCUT2D eigenvalue weighted by atomic mass is 10.1. The number of carboxylic acids is 1. The average Bonchev–Trinajstić information content (AvgIpc) is 2.68. The number of rotatable bonds is 3. The maximum absolute atomic E-state index is 13.2. The number of carbonyl (C=O) groups excluding carboxylic acids is 1. The zero-order valence-electron chi connectivity index (χ0n) is 13.3. The number of alkyl halides is 3. The Morgan fingerprint density at radius 3 is 2.13 bits per heavy atom. The topological polar surface area (TPSA) is 93.4 Å².